The highest BCUT2D eigenvalue weighted by Gasteiger charge is 2.27. The van der Waals surface area contributed by atoms with Crippen molar-refractivity contribution in [3.8, 4) is 11.5 Å². The molecule has 1 aliphatic heterocycles. The van der Waals surface area contributed by atoms with E-state index in [-0.39, 0.29) is 17.4 Å². The van der Waals surface area contributed by atoms with Gasteiger partial charge in [0.25, 0.3) is 5.91 Å². The molecule has 0 spiro atoms. The van der Waals surface area contributed by atoms with Crippen molar-refractivity contribution in [2.45, 2.75) is 12.8 Å². The molecule has 0 saturated carbocycles. The number of aromatic nitrogens is 3. The SMILES string of the molecule is COCCCCNC(=O)c1csc2nc(-c3ccccn3)nc(N3CCS(=O)(=O)CC3)c12. The number of carbonyl (C=O) groups excluding carboxylic acids is 1. The molecule has 4 rings (SSSR count). The van der Waals surface area contributed by atoms with E-state index in [2.05, 4.69) is 15.3 Å². The van der Waals surface area contributed by atoms with Crippen LogP contribution in [0.15, 0.2) is 29.8 Å². The summed E-state index contributed by atoms with van der Waals surface area (Å²) in [5.41, 5.74) is 1.13. The van der Waals surface area contributed by atoms with Crippen molar-refractivity contribution in [3.63, 3.8) is 0 Å². The number of nitrogens with zero attached hydrogens (tertiary/aromatic N) is 4. The van der Waals surface area contributed by atoms with Gasteiger partial charge in [-0.1, -0.05) is 6.07 Å². The molecule has 0 aromatic carbocycles. The van der Waals surface area contributed by atoms with Gasteiger partial charge in [0, 0.05) is 44.9 Å². The predicted octanol–water partition coefficient (Wildman–Crippen LogP) is 2.14. The third kappa shape index (κ3) is 5.05. The Morgan fingerprint density at radius 3 is 2.75 bits per heavy atom. The maximum absolute atomic E-state index is 12.9. The van der Waals surface area contributed by atoms with Crippen molar-refractivity contribution in [2.75, 3.05) is 49.8 Å². The molecule has 1 aliphatic rings. The smallest absolute Gasteiger partial charge is 0.252 e. The molecule has 11 heteroatoms. The fraction of sp³-hybridized carbons (Fsp3) is 0.429. The molecule has 1 amide bonds. The van der Waals surface area contributed by atoms with Crippen LogP contribution in [-0.4, -0.2) is 74.1 Å². The van der Waals surface area contributed by atoms with E-state index in [0.29, 0.717) is 59.4 Å². The van der Waals surface area contributed by atoms with Crippen LogP contribution in [0.4, 0.5) is 5.82 Å². The number of rotatable bonds is 8. The number of sulfone groups is 1. The van der Waals surface area contributed by atoms with E-state index < -0.39 is 9.84 Å². The van der Waals surface area contributed by atoms with E-state index in [0.717, 1.165) is 12.8 Å². The second-order valence-corrected chi connectivity index (χ2v) is 10.7. The first-order valence-corrected chi connectivity index (χ1v) is 13.1. The number of fused-ring (bicyclic) bond motifs is 1. The molecule has 0 bridgehead atoms. The van der Waals surface area contributed by atoms with Crippen LogP contribution in [0.2, 0.25) is 0 Å². The molecule has 170 valence electrons. The Morgan fingerprint density at radius 2 is 2.03 bits per heavy atom. The van der Waals surface area contributed by atoms with E-state index in [4.69, 9.17) is 9.72 Å². The molecule has 0 radical (unpaired) electrons. The maximum Gasteiger partial charge on any atom is 0.252 e. The van der Waals surface area contributed by atoms with Gasteiger partial charge >= 0.3 is 0 Å². The summed E-state index contributed by atoms with van der Waals surface area (Å²) in [5, 5.41) is 5.40. The largest absolute Gasteiger partial charge is 0.385 e. The number of methoxy groups -OCH3 is 1. The van der Waals surface area contributed by atoms with E-state index in [1.54, 1.807) is 18.7 Å². The quantitative estimate of drug-likeness (QED) is 0.493. The number of pyridine rings is 1. The normalized spacial score (nSPS) is 15.7. The number of hydrogen-bond acceptors (Lipinski definition) is 9. The standard InChI is InChI=1S/C21H25N5O4S2/c1-30-11-5-4-8-23-20(27)15-14-31-21-17(15)19(26-9-12-32(28,29)13-10-26)24-18(25-21)16-6-2-3-7-22-16/h2-3,6-7,14H,4-5,8-13H2,1H3,(H,23,27). The Bertz CT molecular complexity index is 1180. The zero-order valence-electron chi connectivity index (χ0n) is 17.8. The Balaban J connectivity index is 1.69. The molecule has 4 heterocycles. The molecule has 1 N–H and O–H groups in total. The van der Waals surface area contributed by atoms with Gasteiger partial charge in [-0.15, -0.1) is 11.3 Å². The van der Waals surface area contributed by atoms with Crippen molar-refractivity contribution in [3.05, 3.63) is 35.3 Å². The molecular formula is C21H25N5O4S2. The lowest BCUT2D eigenvalue weighted by molar-refractivity contribution is 0.0953. The summed E-state index contributed by atoms with van der Waals surface area (Å²) in [5.74, 6) is 0.963. The second-order valence-electron chi connectivity index (χ2n) is 7.51. The number of anilines is 1. The van der Waals surface area contributed by atoms with Gasteiger partial charge in [-0.25, -0.2) is 18.4 Å². The monoisotopic (exact) mass is 475 g/mol. The van der Waals surface area contributed by atoms with E-state index in [1.807, 2.05) is 23.1 Å². The molecule has 0 aliphatic carbocycles. The van der Waals surface area contributed by atoms with Crippen molar-refractivity contribution >= 4 is 43.1 Å². The molecule has 1 saturated heterocycles. The van der Waals surface area contributed by atoms with Crippen LogP contribution in [0.25, 0.3) is 21.7 Å². The summed E-state index contributed by atoms with van der Waals surface area (Å²) >= 11 is 1.37. The van der Waals surface area contributed by atoms with Crippen LogP contribution in [0, 0.1) is 0 Å². The first-order valence-electron chi connectivity index (χ1n) is 10.4. The Hall–Kier alpha value is -2.63. The minimum Gasteiger partial charge on any atom is -0.385 e. The molecule has 32 heavy (non-hydrogen) atoms. The predicted molar refractivity (Wildman–Crippen MR) is 125 cm³/mol. The minimum atomic E-state index is -3.06. The van der Waals surface area contributed by atoms with Crippen LogP contribution >= 0.6 is 11.3 Å². The highest BCUT2D eigenvalue weighted by atomic mass is 32.2. The van der Waals surface area contributed by atoms with Crippen molar-refractivity contribution in [1.82, 2.24) is 20.3 Å². The van der Waals surface area contributed by atoms with Gasteiger partial charge in [0.05, 0.1) is 22.5 Å². The van der Waals surface area contributed by atoms with Gasteiger partial charge in [0.2, 0.25) is 0 Å². The number of carbonyl (C=O) groups is 1. The lowest BCUT2D eigenvalue weighted by Crippen LogP contribution is -2.41. The average molecular weight is 476 g/mol. The summed E-state index contributed by atoms with van der Waals surface area (Å²) in [6.45, 7) is 1.85. The minimum absolute atomic E-state index is 0.0581. The van der Waals surface area contributed by atoms with Gasteiger partial charge in [0.1, 0.15) is 16.3 Å². The van der Waals surface area contributed by atoms with E-state index in [1.165, 1.54) is 11.3 Å². The highest BCUT2D eigenvalue weighted by Crippen LogP contribution is 2.34. The molecule has 3 aromatic rings. The first kappa shape index (κ1) is 22.6. The fourth-order valence-electron chi connectivity index (χ4n) is 3.52. The molecular weight excluding hydrogens is 450 g/mol. The summed E-state index contributed by atoms with van der Waals surface area (Å²) in [6, 6.07) is 5.51. The van der Waals surface area contributed by atoms with Crippen LogP contribution in [0.1, 0.15) is 23.2 Å². The zero-order valence-corrected chi connectivity index (χ0v) is 19.4. The Morgan fingerprint density at radius 1 is 1.22 bits per heavy atom. The third-order valence-electron chi connectivity index (χ3n) is 5.26. The Kier molecular flexibility index (Phi) is 6.97. The summed E-state index contributed by atoms with van der Waals surface area (Å²) in [4.78, 5) is 29.3. The number of unbranched alkanes of at least 4 members (excludes halogenated alkanes) is 1. The van der Waals surface area contributed by atoms with Gasteiger partial charge in [0.15, 0.2) is 15.7 Å². The second kappa shape index (κ2) is 9.88. The molecule has 0 unspecified atom stereocenters. The van der Waals surface area contributed by atoms with Crippen molar-refractivity contribution in [2.24, 2.45) is 0 Å². The highest BCUT2D eigenvalue weighted by molar-refractivity contribution is 7.91. The number of hydrogen-bond donors (Lipinski definition) is 1. The van der Waals surface area contributed by atoms with Gasteiger partial charge < -0.3 is 15.0 Å². The Labute approximate surface area is 190 Å². The number of nitrogens with one attached hydrogen (secondary N) is 1. The topological polar surface area (TPSA) is 114 Å². The summed E-state index contributed by atoms with van der Waals surface area (Å²) < 4.78 is 29.0. The number of ether oxygens (including phenoxy) is 1. The fourth-order valence-corrected chi connectivity index (χ4v) is 5.64. The van der Waals surface area contributed by atoms with Gasteiger partial charge in [-0.3, -0.25) is 9.78 Å². The maximum atomic E-state index is 12.9. The van der Waals surface area contributed by atoms with Gasteiger partial charge in [-0.2, -0.15) is 0 Å². The van der Waals surface area contributed by atoms with E-state index >= 15 is 0 Å². The van der Waals surface area contributed by atoms with Crippen LogP contribution in [0.3, 0.4) is 0 Å². The molecule has 0 atom stereocenters. The lowest BCUT2D eigenvalue weighted by Gasteiger charge is -2.28. The van der Waals surface area contributed by atoms with Crippen LogP contribution in [-0.2, 0) is 14.6 Å². The molecule has 1 fully saturated rings. The van der Waals surface area contributed by atoms with Gasteiger partial charge in [-0.05, 0) is 25.0 Å². The zero-order chi connectivity index (χ0) is 22.6. The number of thiophene rings is 1. The van der Waals surface area contributed by atoms with Crippen LogP contribution < -0.4 is 10.2 Å². The molecule has 3 aromatic heterocycles. The average Bonchev–Trinajstić information content (AvgIpc) is 3.23. The first-order chi connectivity index (χ1) is 15.5. The number of amides is 1. The van der Waals surface area contributed by atoms with Crippen LogP contribution in [0.5, 0.6) is 0 Å². The molecule has 9 nitrogen and oxygen atoms in total. The van der Waals surface area contributed by atoms with Crippen molar-refractivity contribution in [1.29, 1.82) is 0 Å². The third-order valence-corrected chi connectivity index (χ3v) is 7.74. The van der Waals surface area contributed by atoms with Crippen molar-refractivity contribution < 1.29 is 17.9 Å². The van der Waals surface area contributed by atoms with E-state index in [9.17, 15) is 13.2 Å². The summed E-state index contributed by atoms with van der Waals surface area (Å²) in [7, 11) is -1.40. The summed E-state index contributed by atoms with van der Waals surface area (Å²) in [6.07, 6.45) is 3.36. The lowest BCUT2D eigenvalue weighted by atomic mass is 10.2.